The predicted octanol–water partition coefficient (Wildman–Crippen LogP) is 3.63. The fourth-order valence-corrected chi connectivity index (χ4v) is 4.02. The van der Waals surface area contributed by atoms with E-state index in [9.17, 15) is 9.59 Å². The summed E-state index contributed by atoms with van der Waals surface area (Å²) in [6.07, 6.45) is 1.16. The molecular formula is C20H25N3O4S. The van der Waals surface area contributed by atoms with E-state index in [0.29, 0.717) is 31.0 Å². The van der Waals surface area contributed by atoms with Crippen molar-refractivity contribution in [1.82, 2.24) is 15.4 Å². The summed E-state index contributed by atoms with van der Waals surface area (Å²) >= 11 is 1.55. The van der Waals surface area contributed by atoms with Gasteiger partial charge >= 0.3 is 6.09 Å². The number of piperidine rings is 1. The Kier molecular flexibility index (Phi) is 6.97. The first-order chi connectivity index (χ1) is 13.6. The van der Waals surface area contributed by atoms with Crippen molar-refractivity contribution < 1.29 is 18.8 Å². The van der Waals surface area contributed by atoms with Gasteiger partial charge in [0.2, 0.25) is 0 Å². The van der Waals surface area contributed by atoms with Crippen molar-refractivity contribution in [1.29, 1.82) is 0 Å². The summed E-state index contributed by atoms with van der Waals surface area (Å²) in [4.78, 5) is 27.2. The second-order valence-electron chi connectivity index (χ2n) is 6.65. The number of benzene rings is 1. The Labute approximate surface area is 168 Å². The van der Waals surface area contributed by atoms with Crippen molar-refractivity contribution in [2.24, 2.45) is 0 Å². The molecule has 0 spiro atoms. The summed E-state index contributed by atoms with van der Waals surface area (Å²) in [7, 11) is 0. The SMILES string of the molecule is CCOC(=O)N1CCC(NC(=O)c2ccccc2SCc2cc(C)no2)CC1. The minimum Gasteiger partial charge on any atom is -0.450 e. The Hall–Kier alpha value is -2.48. The number of carbonyl (C=O) groups is 2. The van der Waals surface area contributed by atoms with Gasteiger partial charge in [-0.3, -0.25) is 4.79 Å². The summed E-state index contributed by atoms with van der Waals surface area (Å²) in [6, 6.07) is 9.49. The Morgan fingerprint density at radius 3 is 2.75 bits per heavy atom. The van der Waals surface area contributed by atoms with Crippen LogP contribution < -0.4 is 5.32 Å². The molecule has 0 radical (unpaired) electrons. The Morgan fingerprint density at radius 1 is 1.32 bits per heavy atom. The molecule has 7 nitrogen and oxygen atoms in total. The molecular weight excluding hydrogens is 378 g/mol. The first-order valence-electron chi connectivity index (χ1n) is 9.43. The van der Waals surface area contributed by atoms with Gasteiger partial charge in [0, 0.05) is 30.1 Å². The first kappa shape index (κ1) is 20.3. The van der Waals surface area contributed by atoms with Crippen LogP contribution in [0.1, 0.15) is 41.6 Å². The zero-order valence-corrected chi connectivity index (χ0v) is 17.0. The number of hydrogen-bond donors (Lipinski definition) is 1. The van der Waals surface area contributed by atoms with Gasteiger partial charge in [0.1, 0.15) is 5.76 Å². The van der Waals surface area contributed by atoms with Crippen LogP contribution >= 0.6 is 11.8 Å². The van der Waals surface area contributed by atoms with Gasteiger partial charge in [-0.25, -0.2) is 4.79 Å². The molecule has 28 heavy (non-hydrogen) atoms. The fraction of sp³-hybridized carbons (Fsp3) is 0.450. The number of carbonyl (C=O) groups excluding carboxylic acids is 2. The molecule has 0 bridgehead atoms. The van der Waals surface area contributed by atoms with E-state index in [4.69, 9.17) is 9.26 Å². The van der Waals surface area contributed by atoms with Gasteiger partial charge in [0.05, 0.1) is 23.6 Å². The number of rotatable bonds is 6. The zero-order valence-electron chi connectivity index (χ0n) is 16.1. The largest absolute Gasteiger partial charge is 0.450 e. The van der Waals surface area contributed by atoms with E-state index in [1.807, 2.05) is 37.3 Å². The van der Waals surface area contributed by atoms with Crippen LogP contribution in [0.2, 0.25) is 0 Å². The van der Waals surface area contributed by atoms with Crippen LogP contribution in [0.3, 0.4) is 0 Å². The summed E-state index contributed by atoms with van der Waals surface area (Å²) in [5, 5.41) is 6.99. The Balaban J connectivity index is 1.55. The summed E-state index contributed by atoms with van der Waals surface area (Å²) in [6.45, 7) is 5.23. The third-order valence-corrected chi connectivity index (χ3v) is 5.63. The molecule has 0 saturated carbocycles. The summed E-state index contributed by atoms with van der Waals surface area (Å²) in [5.74, 6) is 1.30. The fourth-order valence-electron chi connectivity index (χ4n) is 3.10. The lowest BCUT2D eigenvalue weighted by molar-refractivity contribution is 0.0858. The maximum absolute atomic E-state index is 12.8. The number of aromatic nitrogens is 1. The molecule has 0 atom stereocenters. The second kappa shape index (κ2) is 9.64. The minimum absolute atomic E-state index is 0.0492. The van der Waals surface area contributed by atoms with Crippen molar-refractivity contribution in [3.8, 4) is 0 Å². The molecule has 8 heteroatoms. The molecule has 1 aliphatic rings. The van der Waals surface area contributed by atoms with E-state index < -0.39 is 0 Å². The highest BCUT2D eigenvalue weighted by Gasteiger charge is 2.25. The quantitative estimate of drug-likeness (QED) is 0.742. The van der Waals surface area contributed by atoms with Gasteiger partial charge in [0.25, 0.3) is 5.91 Å². The molecule has 0 unspecified atom stereocenters. The third kappa shape index (κ3) is 5.28. The average molecular weight is 404 g/mol. The van der Waals surface area contributed by atoms with Crippen LogP contribution in [0.15, 0.2) is 39.8 Å². The molecule has 1 aromatic heterocycles. The van der Waals surface area contributed by atoms with E-state index in [1.54, 1.807) is 23.6 Å². The maximum Gasteiger partial charge on any atom is 0.409 e. The monoisotopic (exact) mass is 403 g/mol. The number of hydrogen-bond acceptors (Lipinski definition) is 6. The molecule has 3 rings (SSSR count). The average Bonchev–Trinajstić information content (AvgIpc) is 3.12. The predicted molar refractivity (Wildman–Crippen MR) is 106 cm³/mol. The van der Waals surface area contributed by atoms with Crippen LogP contribution in [0, 0.1) is 6.92 Å². The van der Waals surface area contributed by atoms with Crippen molar-refractivity contribution in [2.75, 3.05) is 19.7 Å². The number of nitrogens with zero attached hydrogens (tertiary/aromatic N) is 2. The standard InChI is InChI=1S/C20H25N3O4S/c1-3-26-20(25)23-10-8-15(9-11-23)21-19(24)17-6-4-5-7-18(17)28-13-16-12-14(2)22-27-16/h4-7,12,15H,3,8-11,13H2,1-2H3,(H,21,24). The lowest BCUT2D eigenvalue weighted by atomic mass is 10.0. The van der Waals surface area contributed by atoms with E-state index >= 15 is 0 Å². The molecule has 2 heterocycles. The normalized spacial score (nSPS) is 14.7. The summed E-state index contributed by atoms with van der Waals surface area (Å²) < 4.78 is 10.3. The van der Waals surface area contributed by atoms with E-state index in [0.717, 1.165) is 29.2 Å². The van der Waals surface area contributed by atoms with E-state index in [1.165, 1.54) is 0 Å². The molecule has 1 aliphatic heterocycles. The minimum atomic E-state index is -0.281. The number of aryl methyl sites for hydroxylation is 1. The zero-order chi connectivity index (χ0) is 19.9. The van der Waals surface area contributed by atoms with Gasteiger partial charge in [-0.05, 0) is 38.8 Å². The second-order valence-corrected chi connectivity index (χ2v) is 7.67. The maximum atomic E-state index is 12.8. The Bertz CT molecular complexity index is 815. The molecule has 0 aliphatic carbocycles. The number of likely N-dealkylation sites (tertiary alicyclic amines) is 1. The molecule has 1 aromatic carbocycles. The molecule has 1 fully saturated rings. The van der Waals surface area contributed by atoms with Gasteiger partial charge in [-0.2, -0.15) is 0 Å². The molecule has 2 aromatic rings. The topological polar surface area (TPSA) is 84.7 Å². The smallest absolute Gasteiger partial charge is 0.409 e. The van der Waals surface area contributed by atoms with Crippen molar-refractivity contribution in [2.45, 2.75) is 43.4 Å². The van der Waals surface area contributed by atoms with Gasteiger partial charge in [-0.1, -0.05) is 17.3 Å². The number of thioether (sulfide) groups is 1. The van der Waals surface area contributed by atoms with Crippen molar-refractivity contribution in [3.63, 3.8) is 0 Å². The third-order valence-electron chi connectivity index (χ3n) is 4.53. The molecule has 150 valence electrons. The molecule has 1 saturated heterocycles. The van der Waals surface area contributed by atoms with Gasteiger partial charge in [-0.15, -0.1) is 11.8 Å². The van der Waals surface area contributed by atoms with Gasteiger partial charge in [0.15, 0.2) is 0 Å². The van der Waals surface area contributed by atoms with E-state index in [-0.39, 0.29) is 18.0 Å². The highest BCUT2D eigenvalue weighted by molar-refractivity contribution is 7.98. The number of amides is 2. The van der Waals surface area contributed by atoms with Crippen molar-refractivity contribution in [3.05, 3.63) is 47.3 Å². The van der Waals surface area contributed by atoms with Crippen molar-refractivity contribution >= 4 is 23.8 Å². The lowest BCUT2D eigenvalue weighted by Crippen LogP contribution is -2.46. The number of nitrogens with one attached hydrogen (secondary N) is 1. The molecule has 1 N–H and O–H groups in total. The lowest BCUT2D eigenvalue weighted by Gasteiger charge is -2.31. The summed E-state index contributed by atoms with van der Waals surface area (Å²) in [5.41, 5.74) is 1.49. The number of ether oxygens (including phenoxy) is 1. The van der Waals surface area contributed by atoms with Gasteiger partial charge < -0.3 is 19.5 Å². The molecule has 2 amide bonds. The first-order valence-corrected chi connectivity index (χ1v) is 10.4. The van der Waals surface area contributed by atoms with Crippen LogP contribution in [-0.4, -0.2) is 47.8 Å². The van der Waals surface area contributed by atoms with Crippen LogP contribution in [-0.2, 0) is 10.5 Å². The van der Waals surface area contributed by atoms with Crippen LogP contribution in [0.5, 0.6) is 0 Å². The Morgan fingerprint density at radius 2 is 2.07 bits per heavy atom. The highest BCUT2D eigenvalue weighted by atomic mass is 32.2. The highest BCUT2D eigenvalue weighted by Crippen LogP contribution is 2.27. The van der Waals surface area contributed by atoms with E-state index in [2.05, 4.69) is 10.5 Å². The van der Waals surface area contributed by atoms with Crippen LogP contribution in [0.4, 0.5) is 4.79 Å². The van der Waals surface area contributed by atoms with Crippen LogP contribution in [0.25, 0.3) is 0 Å².